The van der Waals surface area contributed by atoms with E-state index in [4.69, 9.17) is 21.7 Å². The number of aryl methyl sites for hydroxylation is 1. The summed E-state index contributed by atoms with van der Waals surface area (Å²) in [5.41, 5.74) is 6.23. The van der Waals surface area contributed by atoms with Crippen LogP contribution in [0.15, 0.2) is 145 Å². The largest absolute Gasteiger partial charge is 0.489 e. The highest BCUT2D eigenvalue weighted by Gasteiger charge is 2.51. The molecule has 2 aliphatic heterocycles. The number of carbonyl (C=O) groups is 4. The van der Waals surface area contributed by atoms with Crippen molar-refractivity contribution >= 4 is 63.7 Å². The van der Waals surface area contributed by atoms with Gasteiger partial charge in [0.2, 0.25) is 11.8 Å². The minimum atomic E-state index is -4.81. The van der Waals surface area contributed by atoms with Gasteiger partial charge in [0.25, 0.3) is 11.8 Å². The number of likely N-dealkylation sites (tertiary alicyclic amines) is 1. The summed E-state index contributed by atoms with van der Waals surface area (Å²) in [6, 6.07) is 40.8. The molecule has 0 saturated carbocycles. The second-order valence-corrected chi connectivity index (χ2v) is 22.7. The summed E-state index contributed by atoms with van der Waals surface area (Å²) in [6.07, 6.45) is -5.63. The number of amides is 4. The number of β-amino-alcohol motifs (C(OH)–C–C–N with tert-alkyl or cyclic N) is 1. The number of benzene rings is 6. The van der Waals surface area contributed by atoms with Gasteiger partial charge in [0.15, 0.2) is 11.7 Å². The van der Waals surface area contributed by atoms with Gasteiger partial charge in [0, 0.05) is 25.2 Å². The SMILES string of the molecule is Cc1ncsc1-c1ccc(CNC(=O)[C@@H]2C[C@@H](O)CN2C(=O)C(NC(=O)COc2ccc(-c3ccc(-c4ccc(COc5ccc(N6C(=S)N(c7ccc(C#N)c(C(F)(F)F)c7)C(=O)C6(C)C)cc5)cc4)cc3)cc2)C(C)(C)C)cc1. The number of thiocarbonyl (C=S) groups is 1. The first-order chi connectivity index (χ1) is 38.5. The number of alkyl halides is 3. The number of ether oxygens (including phenoxy) is 2. The average Bonchev–Trinajstić information content (AvgIpc) is 4.29. The van der Waals surface area contributed by atoms with E-state index in [2.05, 4.69) is 15.6 Å². The van der Waals surface area contributed by atoms with Gasteiger partial charge in [-0.25, -0.2) is 4.98 Å². The number of carbonyl (C=O) groups excluding carboxylic acids is 4. The van der Waals surface area contributed by atoms with Gasteiger partial charge in [-0.3, -0.25) is 24.1 Å². The van der Waals surface area contributed by atoms with E-state index in [1.807, 2.05) is 113 Å². The van der Waals surface area contributed by atoms with Crippen LogP contribution in [0.1, 0.15) is 69.0 Å². The molecular weight excluding hydrogens is 1080 g/mol. The van der Waals surface area contributed by atoms with Gasteiger partial charge in [0.05, 0.1) is 45.1 Å². The van der Waals surface area contributed by atoms with Crippen LogP contribution in [0.4, 0.5) is 24.5 Å². The van der Waals surface area contributed by atoms with Crippen LogP contribution in [-0.2, 0) is 38.5 Å². The van der Waals surface area contributed by atoms with E-state index in [0.29, 0.717) is 17.2 Å². The van der Waals surface area contributed by atoms with Crippen LogP contribution in [0.5, 0.6) is 11.5 Å². The number of aromatic nitrogens is 1. The summed E-state index contributed by atoms with van der Waals surface area (Å²) in [7, 11) is 0. The molecule has 0 aliphatic carbocycles. The Balaban J connectivity index is 0.745. The highest BCUT2D eigenvalue weighted by molar-refractivity contribution is 7.81. The zero-order chi connectivity index (χ0) is 58.0. The Morgan fingerprint density at radius 3 is 1.93 bits per heavy atom. The molecule has 3 atom stereocenters. The summed E-state index contributed by atoms with van der Waals surface area (Å²) in [6.45, 7) is 10.8. The first-order valence-corrected chi connectivity index (χ1v) is 27.3. The van der Waals surface area contributed by atoms with E-state index in [1.165, 1.54) is 11.0 Å². The molecule has 416 valence electrons. The van der Waals surface area contributed by atoms with Crippen molar-refractivity contribution in [1.29, 1.82) is 5.26 Å². The molecule has 3 N–H and O–H groups in total. The van der Waals surface area contributed by atoms with Crippen LogP contribution < -0.4 is 29.9 Å². The lowest BCUT2D eigenvalue weighted by Gasteiger charge is -2.35. The smallest absolute Gasteiger partial charge is 0.417 e. The van der Waals surface area contributed by atoms with Crippen molar-refractivity contribution in [3.05, 3.63) is 173 Å². The number of nitriles is 1. The molecule has 2 aliphatic rings. The maximum Gasteiger partial charge on any atom is 0.417 e. The molecule has 0 bridgehead atoms. The second kappa shape index (κ2) is 23.3. The Labute approximate surface area is 476 Å². The van der Waals surface area contributed by atoms with Crippen LogP contribution in [0.3, 0.4) is 0 Å². The Morgan fingerprint density at radius 1 is 0.815 bits per heavy atom. The first kappa shape index (κ1) is 57.3. The maximum absolute atomic E-state index is 14.1. The molecule has 2 saturated heterocycles. The third kappa shape index (κ3) is 12.6. The summed E-state index contributed by atoms with van der Waals surface area (Å²) < 4.78 is 53.3. The van der Waals surface area contributed by atoms with Gasteiger partial charge in [0.1, 0.15) is 35.7 Å². The first-order valence-electron chi connectivity index (χ1n) is 26.0. The number of nitrogens with one attached hydrogen (secondary N) is 2. The van der Waals surface area contributed by atoms with E-state index in [9.17, 15) is 42.7 Å². The van der Waals surface area contributed by atoms with E-state index >= 15 is 0 Å². The van der Waals surface area contributed by atoms with E-state index in [-0.39, 0.29) is 49.4 Å². The number of nitrogens with zero attached hydrogens (tertiary/aromatic N) is 5. The lowest BCUT2D eigenvalue weighted by atomic mass is 9.85. The van der Waals surface area contributed by atoms with Crippen molar-refractivity contribution in [3.63, 3.8) is 0 Å². The minimum Gasteiger partial charge on any atom is -0.489 e. The standard InChI is InChI=1S/C62H58F3N7O7S2/c1-37-54(81-36-68-37)44-13-7-38(8-14-44)32-67-56(75)52-30-48(73)33-70(52)57(76)55(60(2,3)4)69-53(74)35-79-49-25-20-43(21-26-49)42-17-15-41(16-18-42)40-11-9-39(10-12-40)34-78-50-27-23-46(24-28-50)72-59(80)71(58(77)61(72,5)6)47-22-19-45(31-66)51(29-47)62(63,64)65/h7-29,36,48,52,55,73H,30,32-35H2,1-6H3,(H,67,75)(H,69,74)/t48-,52+,55?/m1/s1. The van der Waals surface area contributed by atoms with Gasteiger partial charge >= 0.3 is 6.18 Å². The molecule has 1 aromatic heterocycles. The highest BCUT2D eigenvalue weighted by atomic mass is 32.1. The number of thiazole rings is 1. The lowest BCUT2D eigenvalue weighted by Crippen LogP contribution is -2.58. The van der Waals surface area contributed by atoms with Crippen molar-refractivity contribution in [2.45, 2.75) is 91.0 Å². The number of rotatable bonds is 16. The van der Waals surface area contributed by atoms with Gasteiger partial charge in [-0.05, 0) is 132 Å². The number of halogens is 3. The number of hydrogen-bond acceptors (Lipinski definition) is 11. The van der Waals surface area contributed by atoms with Gasteiger partial charge < -0.3 is 35.0 Å². The molecule has 19 heteroatoms. The van der Waals surface area contributed by atoms with Crippen LogP contribution in [0.25, 0.3) is 32.7 Å². The number of aliphatic hydroxyl groups excluding tert-OH is 1. The third-order valence-corrected chi connectivity index (χ3v) is 15.6. The molecule has 2 fully saturated rings. The molecule has 1 unspecified atom stereocenters. The van der Waals surface area contributed by atoms with Crippen LogP contribution >= 0.6 is 23.6 Å². The molecule has 9 rings (SSSR count). The number of hydrogen-bond donors (Lipinski definition) is 3. The Hall–Kier alpha value is -8.44. The van der Waals surface area contributed by atoms with Gasteiger partial charge in [-0.1, -0.05) is 106 Å². The minimum absolute atomic E-state index is 0.00566. The van der Waals surface area contributed by atoms with Crippen molar-refractivity contribution in [1.82, 2.24) is 20.5 Å². The predicted molar refractivity (Wildman–Crippen MR) is 308 cm³/mol. The zero-order valence-electron chi connectivity index (χ0n) is 45.2. The maximum atomic E-state index is 14.1. The van der Waals surface area contributed by atoms with Crippen LogP contribution in [0.2, 0.25) is 0 Å². The molecule has 14 nitrogen and oxygen atoms in total. The highest BCUT2D eigenvalue weighted by Crippen LogP contribution is 2.40. The second-order valence-electron chi connectivity index (χ2n) is 21.5. The topological polar surface area (TPSA) is 177 Å². The zero-order valence-corrected chi connectivity index (χ0v) is 46.8. The fraction of sp³-hybridized carbons (Fsp3) is 0.274. The molecule has 4 amide bonds. The Kier molecular flexibility index (Phi) is 16.5. The summed E-state index contributed by atoms with van der Waals surface area (Å²) >= 11 is 7.23. The normalized spacial score (nSPS) is 16.5. The average molecular weight is 1130 g/mol. The number of aliphatic hydroxyl groups is 1. The Bertz CT molecular complexity index is 3520. The molecule has 7 aromatic rings. The summed E-state index contributed by atoms with van der Waals surface area (Å²) in [4.78, 5) is 64.1. The van der Waals surface area contributed by atoms with Crippen molar-refractivity contribution < 1.29 is 46.9 Å². The van der Waals surface area contributed by atoms with Crippen LogP contribution in [0, 0.1) is 23.7 Å². The van der Waals surface area contributed by atoms with Gasteiger partial charge in [-0.15, -0.1) is 11.3 Å². The molecule has 81 heavy (non-hydrogen) atoms. The third-order valence-electron chi connectivity index (χ3n) is 14.3. The van der Waals surface area contributed by atoms with Crippen molar-refractivity contribution in [3.8, 4) is 50.3 Å². The van der Waals surface area contributed by atoms with E-state index < -0.39 is 64.2 Å². The van der Waals surface area contributed by atoms with Crippen molar-refractivity contribution in [2.75, 3.05) is 23.0 Å². The van der Waals surface area contributed by atoms with Crippen molar-refractivity contribution in [2.24, 2.45) is 5.41 Å². The lowest BCUT2D eigenvalue weighted by molar-refractivity contribution is -0.144. The predicted octanol–water partition coefficient (Wildman–Crippen LogP) is 11.0. The van der Waals surface area contributed by atoms with E-state index in [1.54, 1.807) is 78.1 Å². The monoisotopic (exact) mass is 1130 g/mol. The Morgan fingerprint density at radius 2 is 1.36 bits per heavy atom. The number of anilines is 2. The fourth-order valence-corrected chi connectivity index (χ4v) is 11.2. The fourth-order valence-electron chi connectivity index (χ4n) is 9.84. The summed E-state index contributed by atoms with van der Waals surface area (Å²) in [5, 5.41) is 25.7. The molecule has 6 aromatic carbocycles. The molecular formula is C62H58F3N7O7S2. The van der Waals surface area contributed by atoms with Gasteiger partial charge in [-0.2, -0.15) is 18.4 Å². The molecule has 3 heterocycles. The van der Waals surface area contributed by atoms with Crippen LogP contribution in [-0.4, -0.2) is 80.6 Å². The van der Waals surface area contributed by atoms with E-state index in [0.717, 1.165) is 66.5 Å². The quantitative estimate of drug-likeness (QED) is 0.0785. The molecule has 0 radical (unpaired) electrons. The molecule has 0 spiro atoms. The summed E-state index contributed by atoms with van der Waals surface area (Å²) in [5.74, 6) is -0.894.